The number of nitrogens with zero attached hydrogens (tertiary/aromatic N) is 3. The van der Waals surface area contributed by atoms with E-state index in [1.165, 1.54) is 7.11 Å². The number of esters is 1. The molecular formula is C20H19N3O5. The van der Waals surface area contributed by atoms with Crippen LogP contribution in [0.15, 0.2) is 53.3 Å². The van der Waals surface area contributed by atoms with Crippen molar-refractivity contribution in [2.45, 2.75) is 13.7 Å². The van der Waals surface area contributed by atoms with Crippen molar-refractivity contribution in [2.24, 2.45) is 0 Å². The zero-order valence-electron chi connectivity index (χ0n) is 15.5. The number of rotatable bonds is 7. The molecule has 0 unspecified atom stereocenters. The van der Waals surface area contributed by atoms with E-state index in [2.05, 4.69) is 10.3 Å². The minimum absolute atomic E-state index is 0.338. The van der Waals surface area contributed by atoms with Crippen molar-refractivity contribution in [1.29, 1.82) is 0 Å². The Labute approximate surface area is 161 Å². The minimum Gasteiger partial charge on any atom is -0.493 e. The standard InChI is InChI=1S/C20H19N3O5/c1-3-6-14-9-10-17(18(11-14)26-2)27-12-19(24)28-13-23-20(25)15-7-4-5-8-16(15)21-22-23/h3-11H,12-13H2,1-2H3/b6-3+. The second kappa shape index (κ2) is 8.81. The molecule has 28 heavy (non-hydrogen) atoms. The summed E-state index contributed by atoms with van der Waals surface area (Å²) in [7, 11) is 1.52. The van der Waals surface area contributed by atoms with Crippen molar-refractivity contribution in [3.63, 3.8) is 0 Å². The quantitative estimate of drug-likeness (QED) is 0.580. The number of benzene rings is 2. The third-order valence-electron chi connectivity index (χ3n) is 3.87. The van der Waals surface area contributed by atoms with E-state index < -0.39 is 5.97 Å². The Kier molecular flexibility index (Phi) is 6.01. The summed E-state index contributed by atoms with van der Waals surface area (Å²) >= 11 is 0. The summed E-state index contributed by atoms with van der Waals surface area (Å²) < 4.78 is 16.8. The van der Waals surface area contributed by atoms with Gasteiger partial charge in [-0.1, -0.05) is 35.6 Å². The number of carbonyl (C=O) groups is 1. The van der Waals surface area contributed by atoms with Gasteiger partial charge >= 0.3 is 5.97 Å². The van der Waals surface area contributed by atoms with E-state index >= 15 is 0 Å². The fourth-order valence-corrected chi connectivity index (χ4v) is 2.52. The van der Waals surface area contributed by atoms with Gasteiger partial charge in [-0.05, 0) is 36.8 Å². The Morgan fingerprint density at radius 3 is 2.79 bits per heavy atom. The van der Waals surface area contributed by atoms with Crippen molar-refractivity contribution in [2.75, 3.05) is 13.7 Å². The predicted molar refractivity (Wildman–Crippen MR) is 103 cm³/mol. The molecule has 0 N–H and O–H groups in total. The van der Waals surface area contributed by atoms with Gasteiger partial charge in [0.25, 0.3) is 5.56 Å². The molecule has 3 rings (SSSR count). The Morgan fingerprint density at radius 1 is 1.18 bits per heavy atom. The van der Waals surface area contributed by atoms with Crippen molar-refractivity contribution < 1.29 is 19.0 Å². The molecule has 2 aromatic carbocycles. The average molecular weight is 381 g/mol. The fraction of sp³-hybridized carbons (Fsp3) is 0.200. The van der Waals surface area contributed by atoms with Crippen LogP contribution in [-0.4, -0.2) is 34.7 Å². The Balaban J connectivity index is 1.61. The molecule has 0 spiro atoms. The van der Waals surface area contributed by atoms with Crippen LogP contribution in [0, 0.1) is 0 Å². The summed E-state index contributed by atoms with van der Waals surface area (Å²) in [5, 5.41) is 8.09. The molecule has 0 bridgehead atoms. The lowest BCUT2D eigenvalue weighted by Crippen LogP contribution is -2.27. The number of hydrogen-bond acceptors (Lipinski definition) is 7. The normalized spacial score (nSPS) is 10.9. The van der Waals surface area contributed by atoms with Crippen LogP contribution in [0.5, 0.6) is 11.5 Å². The lowest BCUT2D eigenvalue weighted by molar-refractivity contribution is -0.150. The third kappa shape index (κ3) is 4.35. The summed E-state index contributed by atoms with van der Waals surface area (Å²) in [6, 6.07) is 12.2. The van der Waals surface area contributed by atoms with E-state index in [0.717, 1.165) is 10.2 Å². The van der Waals surface area contributed by atoms with Gasteiger partial charge in [0.1, 0.15) is 5.52 Å². The Bertz CT molecular complexity index is 1070. The van der Waals surface area contributed by atoms with E-state index in [4.69, 9.17) is 14.2 Å². The largest absolute Gasteiger partial charge is 0.493 e. The van der Waals surface area contributed by atoms with Crippen molar-refractivity contribution in [1.82, 2.24) is 15.0 Å². The maximum absolute atomic E-state index is 12.3. The molecular weight excluding hydrogens is 362 g/mol. The number of allylic oxidation sites excluding steroid dienone is 1. The zero-order valence-corrected chi connectivity index (χ0v) is 15.5. The summed E-state index contributed by atoms with van der Waals surface area (Å²) in [6.07, 6.45) is 3.83. The molecule has 1 aromatic heterocycles. The smallest absolute Gasteiger partial charge is 0.345 e. The summed E-state index contributed by atoms with van der Waals surface area (Å²) in [5.74, 6) is 0.261. The molecule has 0 aliphatic heterocycles. The van der Waals surface area contributed by atoms with Crippen LogP contribution in [-0.2, 0) is 16.3 Å². The lowest BCUT2D eigenvalue weighted by Gasteiger charge is -2.11. The van der Waals surface area contributed by atoms with Crippen molar-refractivity contribution in [3.05, 3.63) is 64.5 Å². The van der Waals surface area contributed by atoms with E-state index in [0.29, 0.717) is 22.4 Å². The lowest BCUT2D eigenvalue weighted by atomic mass is 10.2. The molecule has 3 aromatic rings. The summed E-state index contributed by atoms with van der Waals surface area (Å²) in [5.41, 5.74) is 1.04. The maximum Gasteiger partial charge on any atom is 0.345 e. The monoisotopic (exact) mass is 381 g/mol. The molecule has 0 atom stereocenters. The van der Waals surface area contributed by atoms with Crippen LogP contribution in [0.25, 0.3) is 17.0 Å². The molecule has 0 aliphatic rings. The van der Waals surface area contributed by atoms with Crippen molar-refractivity contribution in [3.8, 4) is 11.5 Å². The molecule has 0 amide bonds. The molecule has 8 heteroatoms. The van der Waals surface area contributed by atoms with Crippen molar-refractivity contribution >= 4 is 22.9 Å². The first kappa shape index (κ1) is 19.1. The fourth-order valence-electron chi connectivity index (χ4n) is 2.52. The minimum atomic E-state index is -0.651. The van der Waals surface area contributed by atoms with Crippen LogP contribution in [0.2, 0.25) is 0 Å². The number of carbonyl (C=O) groups excluding carboxylic acids is 1. The van der Waals surface area contributed by atoms with E-state index in [-0.39, 0.29) is 18.9 Å². The number of fused-ring (bicyclic) bond motifs is 1. The van der Waals surface area contributed by atoms with Gasteiger partial charge in [-0.3, -0.25) is 4.79 Å². The highest BCUT2D eigenvalue weighted by Gasteiger charge is 2.11. The van der Waals surface area contributed by atoms with Crippen LogP contribution in [0.1, 0.15) is 12.5 Å². The topological polar surface area (TPSA) is 92.5 Å². The highest BCUT2D eigenvalue weighted by Crippen LogP contribution is 2.28. The molecule has 1 heterocycles. The van der Waals surface area contributed by atoms with Crippen LogP contribution in [0.3, 0.4) is 0 Å². The van der Waals surface area contributed by atoms with Gasteiger partial charge in [0, 0.05) is 0 Å². The van der Waals surface area contributed by atoms with E-state index in [1.54, 1.807) is 36.4 Å². The first-order valence-corrected chi connectivity index (χ1v) is 8.54. The second-order valence-corrected chi connectivity index (χ2v) is 5.76. The van der Waals surface area contributed by atoms with Crippen LogP contribution < -0.4 is 15.0 Å². The molecule has 0 fully saturated rings. The van der Waals surface area contributed by atoms with Gasteiger partial charge in [-0.25, -0.2) is 4.79 Å². The molecule has 144 valence electrons. The number of ether oxygens (including phenoxy) is 3. The summed E-state index contributed by atoms with van der Waals surface area (Å²) in [4.78, 5) is 24.3. The molecule has 8 nitrogen and oxygen atoms in total. The first-order chi connectivity index (χ1) is 13.6. The highest BCUT2D eigenvalue weighted by molar-refractivity contribution is 5.76. The Hall–Kier alpha value is -3.68. The zero-order chi connectivity index (χ0) is 19.9. The predicted octanol–water partition coefficient (Wildman–Crippen LogP) is 2.41. The first-order valence-electron chi connectivity index (χ1n) is 8.54. The Morgan fingerprint density at radius 2 is 2.00 bits per heavy atom. The van der Waals surface area contributed by atoms with Gasteiger partial charge in [0.15, 0.2) is 24.8 Å². The highest BCUT2D eigenvalue weighted by atomic mass is 16.6. The second-order valence-electron chi connectivity index (χ2n) is 5.76. The van der Waals surface area contributed by atoms with Crippen LogP contribution in [0.4, 0.5) is 0 Å². The van der Waals surface area contributed by atoms with Crippen LogP contribution >= 0.6 is 0 Å². The third-order valence-corrected chi connectivity index (χ3v) is 3.87. The van der Waals surface area contributed by atoms with E-state index in [9.17, 15) is 9.59 Å². The molecule has 0 aliphatic carbocycles. The number of aromatic nitrogens is 3. The summed E-state index contributed by atoms with van der Waals surface area (Å²) in [6.45, 7) is 1.23. The van der Waals surface area contributed by atoms with Gasteiger partial charge in [-0.2, -0.15) is 4.68 Å². The van der Waals surface area contributed by atoms with Gasteiger partial charge in [-0.15, -0.1) is 5.10 Å². The van der Waals surface area contributed by atoms with E-state index in [1.807, 2.05) is 25.1 Å². The molecule has 0 radical (unpaired) electrons. The number of methoxy groups -OCH3 is 1. The maximum atomic E-state index is 12.3. The van der Waals surface area contributed by atoms with Gasteiger partial charge in [0.05, 0.1) is 12.5 Å². The van der Waals surface area contributed by atoms with Gasteiger partial charge in [0.2, 0.25) is 0 Å². The molecule has 0 saturated heterocycles. The van der Waals surface area contributed by atoms with Gasteiger partial charge < -0.3 is 14.2 Å². The molecule has 0 saturated carbocycles. The SMILES string of the molecule is C/C=C/c1ccc(OCC(=O)OCn2nnc3ccccc3c2=O)c(OC)c1. The average Bonchev–Trinajstić information content (AvgIpc) is 2.72. The number of hydrogen-bond donors (Lipinski definition) is 0.